The molecule has 5 rings (SSSR count). The molecule has 2 heterocycles. The monoisotopic (exact) mass is 559 g/mol. The van der Waals surface area contributed by atoms with E-state index < -0.39 is 28.9 Å². The summed E-state index contributed by atoms with van der Waals surface area (Å²) in [5, 5.41) is 10.9. The summed E-state index contributed by atoms with van der Waals surface area (Å²) in [7, 11) is 0.0380. The zero-order valence-electron chi connectivity index (χ0n) is 22.7. The van der Waals surface area contributed by atoms with Crippen LogP contribution in [-0.4, -0.2) is 36.9 Å². The van der Waals surface area contributed by atoms with Crippen LogP contribution in [0.25, 0.3) is 21.9 Å². The maximum absolute atomic E-state index is 14.2. The number of hydrogen-bond acceptors (Lipinski definition) is 4. The van der Waals surface area contributed by atoms with Crippen LogP contribution in [0, 0.1) is 13.8 Å². The van der Waals surface area contributed by atoms with Gasteiger partial charge in [-0.2, -0.15) is 4.72 Å². The van der Waals surface area contributed by atoms with Gasteiger partial charge in [-0.1, -0.05) is 40.6 Å². The average Bonchev–Trinajstić information content (AvgIpc) is 3.35. The highest BCUT2D eigenvalue weighted by atomic mass is 32.2. The Morgan fingerprint density at radius 3 is 2.40 bits per heavy atom. The Morgan fingerprint density at radius 1 is 1.00 bits per heavy atom. The number of carboxylic acids is 1. The first-order valence-corrected chi connectivity index (χ1v) is 14.5. The van der Waals surface area contributed by atoms with Gasteiger partial charge in [-0.25, -0.2) is 4.79 Å². The molecule has 2 N–H and O–H groups in total. The van der Waals surface area contributed by atoms with Crippen LogP contribution in [-0.2, 0) is 33.6 Å². The van der Waals surface area contributed by atoms with Gasteiger partial charge >= 0.3 is 11.7 Å². The molecular weight excluding hydrogens is 528 g/mol. The molecule has 9 nitrogen and oxygen atoms in total. The van der Waals surface area contributed by atoms with E-state index in [4.69, 9.17) is 0 Å². The van der Waals surface area contributed by atoms with Gasteiger partial charge in [0, 0.05) is 29.7 Å². The number of benzene rings is 3. The Bertz CT molecular complexity index is 1870. The summed E-state index contributed by atoms with van der Waals surface area (Å²) in [6.45, 7) is 4.35. The fourth-order valence-electron chi connectivity index (χ4n) is 5.58. The number of rotatable bonds is 8. The third kappa shape index (κ3) is 4.98. The quantitative estimate of drug-likeness (QED) is 0.220. The topological polar surface area (TPSA) is 115 Å². The molecule has 0 aliphatic rings. The number of fused-ring (bicyclic) bond motifs is 2. The SMILES string of the molecule is Cc1cc(C)c2c(Cn3c(=O)n([C@H](CC(=O)O)c4ccccc4)c4cc(C(=O)N[SH+](C)=O)ccc43)cn(C)c2c1. The van der Waals surface area contributed by atoms with Crippen molar-refractivity contribution in [1.82, 2.24) is 18.4 Å². The number of aryl methyl sites for hydroxylation is 3. The molecule has 1 amide bonds. The van der Waals surface area contributed by atoms with Crippen molar-refractivity contribution in [3.63, 3.8) is 0 Å². The van der Waals surface area contributed by atoms with Crippen LogP contribution in [0.15, 0.2) is 71.7 Å². The van der Waals surface area contributed by atoms with Gasteiger partial charge in [0.25, 0.3) is 5.91 Å². The molecular formula is C30H31N4O5S+. The summed E-state index contributed by atoms with van der Waals surface area (Å²) in [5.41, 5.74) is 5.75. The van der Waals surface area contributed by atoms with Crippen LogP contribution in [0.3, 0.4) is 0 Å². The second-order valence-electron chi connectivity index (χ2n) is 10.1. The lowest BCUT2D eigenvalue weighted by atomic mass is 10.0. The zero-order chi connectivity index (χ0) is 28.7. The molecule has 1 unspecified atom stereocenters. The minimum Gasteiger partial charge on any atom is -0.481 e. The van der Waals surface area contributed by atoms with Crippen LogP contribution >= 0.6 is 0 Å². The molecule has 0 saturated heterocycles. The molecule has 3 aromatic carbocycles. The lowest BCUT2D eigenvalue weighted by molar-refractivity contribution is -0.137. The standard InChI is InChI=1S/C30H30N4O5S/c1-18-12-19(2)28-22(16-32(3)26(28)13-18)17-33-23-11-10-21(29(37)31-40(4)39)14-25(23)34(30(33)38)24(15-27(35)36)20-8-6-5-7-9-20/h5-14,16,24H,15,17H2,1-4H3,(H,35,36)(H,31,37,39)/p+1/t24-,40?/m1/s1. The highest BCUT2D eigenvalue weighted by Gasteiger charge is 2.26. The van der Waals surface area contributed by atoms with E-state index in [0.717, 1.165) is 27.6 Å². The number of carboxylic acid groups (broad SMARTS) is 1. The fourth-order valence-corrected chi connectivity index (χ4v) is 6.00. The van der Waals surface area contributed by atoms with Gasteiger partial charge in [-0.15, -0.1) is 0 Å². The predicted molar refractivity (Wildman–Crippen MR) is 157 cm³/mol. The summed E-state index contributed by atoms with van der Waals surface area (Å²) in [4.78, 5) is 38.9. The molecule has 206 valence electrons. The minimum absolute atomic E-state index is 0.224. The van der Waals surface area contributed by atoms with E-state index in [9.17, 15) is 23.7 Å². The number of nitrogens with one attached hydrogen (secondary N) is 1. The van der Waals surface area contributed by atoms with E-state index in [1.165, 1.54) is 10.8 Å². The van der Waals surface area contributed by atoms with Gasteiger partial charge in [0.15, 0.2) is 11.0 Å². The molecule has 0 aliphatic carbocycles. The maximum Gasteiger partial charge on any atom is 0.330 e. The van der Waals surface area contributed by atoms with Gasteiger partial charge in [0.1, 0.15) is 6.26 Å². The molecule has 0 spiro atoms. The van der Waals surface area contributed by atoms with Crippen molar-refractivity contribution in [2.75, 3.05) is 6.26 Å². The molecule has 5 aromatic rings. The highest BCUT2D eigenvalue weighted by molar-refractivity contribution is 7.82. The van der Waals surface area contributed by atoms with Crippen LogP contribution in [0.1, 0.15) is 45.1 Å². The first-order chi connectivity index (χ1) is 19.0. The summed E-state index contributed by atoms with van der Waals surface area (Å²) in [5.74, 6) is -1.59. The average molecular weight is 560 g/mol. The zero-order valence-corrected chi connectivity index (χ0v) is 23.6. The highest BCUT2D eigenvalue weighted by Crippen LogP contribution is 2.30. The van der Waals surface area contributed by atoms with Crippen LogP contribution in [0.4, 0.5) is 0 Å². The van der Waals surface area contributed by atoms with E-state index in [-0.39, 0.29) is 24.2 Å². The molecule has 2 aromatic heterocycles. The van der Waals surface area contributed by atoms with Gasteiger partial charge in [0.05, 0.1) is 30.0 Å². The molecule has 40 heavy (non-hydrogen) atoms. The van der Waals surface area contributed by atoms with Crippen LogP contribution < -0.4 is 10.4 Å². The smallest absolute Gasteiger partial charge is 0.330 e. The van der Waals surface area contributed by atoms with E-state index in [2.05, 4.69) is 16.9 Å². The number of aliphatic carboxylic acids is 1. The summed E-state index contributed by atoms with van der Waals surface area (Å²) >= 11 is 0. The summed E-state index contributed by atoms with van der Waals surface area (Å²) < 4.78 is 19.2. The predicted octanol–water partition coefficient (Wildman–Crippen LogP) is 3.99. The van der Waals surface area contributed by atoms with E-state index >= 15 is 0 Å². The van der Waals surface area contributed by atoms with Crippen LogP contribution in [0.5, 0.6) is 0 Å². The summed E-state index contributed by atoms with van der Waals surface area (Å²) in [6, 6.07) is 17.3. The number of thiol groups is 1. The fraction of sp³-hybridized carbons (Fsp3) is 0.233. The van der Waals surface area contributed by atoms with Crippen molar-refractivity contribution >= 4 is 44.8 Å². The van der Waals surface area contributed by atoms with Crippen molar-refractivity contribution in [1.29, 1.82) is 0 Å². The van der Waals surface area contributed by atoms with Crippen molar-refractivity contribution < 1.29 is 18.9 Å². The Kier molecular flexibility index (Phi) is 7.20. The molecule has 0 bridgehead atoms. The van der Waals surface area contributed by atoms with Gasteiger partial charge < -0.3 is 9.67 Å². The van der Waals surface area contributed by atoms with Crippen molar-refractivity contribution in [2.24, 2.45) is 7.05 Å². The minimum atomic E-state index is -1.93. The third-order valence-electron chi connectivity index (χ3n) is 7.19. The lowest BCUT2D eigenvalue weighted by Gasteiger charge is -2.17. The van der Waals surface area contributed by atoms with Crippen molar-refractivity contribution in [3.8, 4) is 0 Å². The molecule has 2 atom stereocenters. The molecule has 10 heteroatoms. The van der Waals surface area contributed by atoms with Crippen molar-refractivity contribution in [2.45, 2.75) is 32.9 Å². The Labute approximate surface area is 233 Å². The number of imidazole rings is 1. The van der Waals surface area contributed by atoms with Crippen LogP contribution in [0.2, 0.25) is 0 Å². The van der Waals surface area contributed by atoms with Gasteiger partial charge in [0.2, 0.25) is 0 Å². The maximum atomic E-state index is 14.2. The first-order valence-electron chi connectivity index (χ1n) is 12.8. The van der Waals surface area contributed by atoms with Gasteiger partial charge in [-0.3, -0.25) is 18.7 Å². The molecule has 0 aliphatic heterocycles. The second-order valence-corrected chi connectivity index (χ2v) is 11.4. The van der Waals surface area contributed by atoms with E-state index in [0.29, 0.717) is 16.6 Å². The first kappa shape index (κ1) is 27.1. The molecule has 0 fully saturated rings. The normalized spacial score (nSPS) is 13.0. The third-order valence-corrected chi connectivity index (χ3v) is 7.70. The number of hydrogen-bond donors (Lipinski definition) is 2. The number of aromatic nitrogens is 3. The number of carbonyl (C=O) groups is 2. The Balaban J connectivity index is 1.76. The van der Waals surface area contributed by atoms with Gasteiger partial charge in [-0.05, 0) is 60.4 Å². The summed E-state index contributed by atoms with van der Waals surface area (Å²) in [6.07, 6.45) is 3.08. The molecule has 0 saturated carbocycles. The lowest BCUT2D eigenvalue weighted by Crippen LogP contribution is -2.29. The van der Waals surface area contributed by atoms with E-state index in [1.54, 1.807) is 47.0 Å². The second kappa shape index (κ2) is 10.6. The van der Waals surface area contributed by atoms with E-state index in [1.807, 2.05) is 37.7 Å². The van der Waals surface area contributed by atoms with Crippen molar-refractivity contribution in [3.05, 3.63) is 105 Å². The Morgan fingerprint density at radius 2 is 1.73 bits per heavy atom. The number of nitrogens with zero attached hydrogens (tertiary/aromatic N) is 3. The largest absolute Gasteiger partial charge is 0.481 e. The Hall–Kier alpha value is -4.44. The number of carbonyl (C=O) groups excluding carboxylic acids is 1. The molecule has 0 radical (unpaired) electrons. The number of amides is 1.